The molecule has 24 heavy (non-hydrogen) atoms. The molecule has 2 aromatic heterocycles. The Balaban J connectivity index is 1.58. The average molecular weight is 340 g/mol. The number of anilines is 1. The van der Waals surface area contributed by atoms with Crippen molar-refractivity contribution in [3.63, 3.8) is 0 Å². The number of aryl methyl sites for hydroxylation is 2. The second-order valence-electron chi connectivity index (χ2n) is 5.62. The number of benzene rings is 1. The molecule has 5 nitrogen and oxygen atoms in total. The zero-order valence-electron chi connectivity index (χ0n) is 13.8. The molecule has 0 aliphatic rings. The van der Waals surface area contributed by atoms with Crippen LogP contribution in [0.1, 0.15) is 22.9 Å². The zero-order valence-corrected chi connectivity index (χ0v) is 14.6. The van der Waals surface area contributed by atoms with E-state index in [4.69, 9.17) is 0 Å². The molecule has 0 bridgehead atoms. The Morgan fingerprint density at radius 3 is 2.75 bits per heavy atom. The van der Waals surface area contributed by atoms with Gasteiger partial charge >= 0.3 is 0 Å². The molecule has 3 rings (SSSR count). The molecule has 0 aliphatic carbocycles. The van der Waals surface area contributed by atoms with Crippen LogP contribution >= 0.6 is 11.3 Å². The Morgan fingerprint density at radius 1 is 1.21 bits per heavy atom. The van der Waals surface area contributed by atoms with Crippen LogP contribution in [0.4, 0.5) is 5.82 Å². The van der Waals surface area contributed by atoms with Crippen molar-refractivity contribution in [1.29, 1.82) is 0 Å². The van der Waals surface area contributed by atoms with Gasteiger partial charge in [0.1, 0.15) is 17.0 Å². The number of aromatic nitrogens is 2. The van der Waals surface area contributed by atoms with Crippen LogP contribution in [0.3, 0.4) is 0 Å². The third-order valence-electron chi connectivity index (χ3n) is 3.76. The van der Waals surface area contributed by atoms with Crippen LogP contribution in [0.5, 0.6) is 0 Å². The van der Waals surface area contributed by atoms with Gasteiger partial charge in [-0.1, -0.05) is 36.8 Å². The largest absolute Gasteiger partial charge is 0.360 e. The van der Waals surface area contributed by atoms with Crippen LogP contribution < -0.4 is 10.6 Å². The lowest BCUT2D eigenvalue weighted by Crippen LogP contribution is -2.29. The van der Waals surface area contributed by atoms with Crippen molar-refractivity contribution in [3.8, 4) is 0 Å². The lowest BCUT2D eigenvalue weighted by molar-refractivity contribution is -0.119. The van der Waals surface area contributed by atoms with E-state index in [2.05, 4.69) is 33.6 Å². The Labute approximate surface area is 145 Å². The first-order valence-corrected chi connectivity index (χ1v) is 8.77. The molecule has 0 atom stereocenters. The van der Waals surface area contributed by atoms with Gasteiger partial charge in [0, 0.05) is 11.4 Å². The first kappa shape index (κ1) is 16.4. The summed E-state index contributed by atoms with van der Waals surface area (Å²) >= 11 is 1.66. The van der Waals surface area contributed by atoms with Gasteiger partial charge in [0.25, 0.3) is 0 Å². The van der Waals surface area contributed by atoms with E-state index < -0.39 is 0 Å². The SMILES string of the molecule is CCc1cc2c(NCC(=O)NCc3ccc(C)cc3)ncnc2s1. The van der Waals surface area contributed by atoms with Gasteiger partial charge < -0.3 is 10.6 Å². The van der Waals surface area contributed by atoms with Gasteiger partial charge in [0.15, 0.2) is 0 Å². The lowest BCUT2D eigenvalue weighted by atomic mass is 10.1. The number of nitrogens with one attached hydrogen (secondary N) is 2. The van der Waals surface area contributed by atoms with E-state index in [0.29, 0.717) is 12.4 Å². The Hall–Kier alpha value is -2.47. The third-order valence-corrected chi connectivity index (χ3v) is 4.94. The summed E-state index contributed by atoms with van der Waals surface area (Å²) in [6.07, 6.45) is 2.50. The quantitative estimate of drug-likeness (QED) is 0.722. The molecule has 0 aliphatic heterocycles. The van der Waals surface area contributed by atoms with Crippen molar-refractivity contribution in [1.82, 2.24) is 15.3 Å². The highest BCUT2D eigenvalue weighted by atomic mass is 32.1. The number of rotatable bonds is 6. The van der Waals surface area contributed by atoms with Gasteiger partial charge in [-0.2, -0.15) is 0 Å². The molecule has 0 saturated carbocycles. The van der Waals surface area contributed by atoms with Crippen LogP contribution in [0.25, 0.3) is 10.2 Å². The van der Waals surface area contributed by atoms with E-state index in [9.17, 15) is 4.79 Å². The van der Waals surface area contributed by atoms with Crippen LogP contribution in [-0.4, -0.2) is 22.4 Å². The monoisotopic (exact) mass is 340 g/mol. The highest BCUT2D eigenvalue weighted by molar-refractivity contribution is 7.18. The van der Waals surface area contributed by atoms with Crippen molar-refractivity contribution in [3.05, 3.63) is 52.7 Å². The molecular weight excluding hydrogens is 320 g/mol. The van der Waals surface area contributed by atoms with Crippen molar-refractivity contribution >= 4 is 33.3 Å². The maximum absolute atomic E-state index is 12.0. The number of fused-ring (bicyclic) bond motifs is 1. The van der Waals surface area contributed by atoms with Crippen molar-refractivity contribution in [2.75, 3.05) is 11.9 Å². The first-order chi connectivity index (χ1) is 11.7. The summed E-state index contributed by atoms with van der Waals surface area (Å²) in [5.41, 5.74) is 2.30. The Bertz CT molecular complexity index is 842. The zero-order chi connectivity index (χ0) is 16.9. The summed E-state index contributed by atoms with van der Waals surface area (Å²) in [5.74, 6) is 0.648. The number of amides is 1. The van der Waals surface area contributed by atoms with Gasteiger partial charge in [-0.15, -0.1) is 11.3 Å². The van der Waals surface area contributed by atoms with Crippen LogP contribution in [0.2, 0.25) is 0 Å². The molecule has 0 saturated heterocycles. The maximum atomic E-state index is 12.0. The van der Waals surface area contributed by atoms with Gasteiger partial charge in [0.2, 0.25) is 5.91 Å². The highest BCUT2D eigenvalue weighted by Gasteiger charge is 2.09. The first-order valence-electron chi connectivity index (χ1n) is 7.95. The van der Waals surface area contributed by atoms with E-state index in [1.807, 2.05) is 31.2 Å². The van der Waals surface area contributed by atoms with Crippen molar-refractivity contribution in [2.24, 2.45) is 0 Å². The normalized spacial score (nSPS) is 10.8. The summed E-state index contributed by atoms with van der Waals surface area (Å²) in [4.78, 5) is 22.8. The fraction of sp³-hybridized carbons (Fsp3) is 0.278. The number of carbonyl (C=O) groups is 1. The number of thiophene rings is 1. The van der Waals surface area contributed by atoms with Gasteiger partial charge in [-0.25, -0.2) is 9.97 Å². The second kappa shape index (κ2) is 7.40. The molecule has 0 fully saturated rings. The predicted octanol–water partition coefficient (Wildman–Crippen LogP) is 3.29. The molecule has 2 heterocycles. The van der Waals surface area contributed by atoms with E-state index in [1.165, 1.54) is 16.8 Å². The Kier molecular flexibility index (Phi) is 5.05. The Morgan fingerprint density at radius 2 is 2.00 bits per heavy atom. The highest BCUT2D eigenvalue weighted by Crippen LogP contribution is 2.28. The number of hydrogen-bond donors (Lipinski definition) is 2. The molecule has 0 unspecified atom stereocenters. The summed E-state index contributed by atoms with van der Waals surface area (Å²) in [6.45, 7) is 4.88. The minimum Gasteiger partial charge on any atom is -0.360 e. The van der Waals surface area contributed by atoms with Crippen LogP contribution in [-0.2, 0) is 17.8 Å². The van der Waals surface area contributed by atoms with Crippen molar-refractivity contribution in [2.45, 2.75) is 26.8 Å². The summed E-state index contributed by atoms with van der Waals surface area (Å²) in [5, 5.41) is 7.00. The van der Waals surface area contributed by atoms with Crippen LogP contribution in [0.15, 0.2) is 36.7 Å². The molecule has 1 amide bonds. The van der Waals surface area contributed by atoms with Crippen molar-refractivity contribution < 1.29 is 4.79 Å². The second-order valence-corrected chi connectivity index (χ2v) is 6.74. The summed E-state index contributed by atoms with van der Waals surface area (Å²) in [7, 11) is 0. The molecule has 0 spiro atoms. The fourth-order valence-electron chi connectivity index (χ4n) is 2.35. The van der Waals surface area contributed by atoms with E-state index >= 15 is 0 Å². The summed E-state index contributed by atoms with van der Waals surface area (Å²) < 4.78 is 0. The minimum atomic E-state index is -0.0618. The van der Waals surface area contributed by atoms with Gasteiger partial charge in [-0.05, 0) is 25.0 Å². The fourth-order valence-corrected chi connectivity index (χ4v) is 3.29. The topological polar surface area (TPSA) is 66.9 Å². The summed E-state index contributed by atoms with van der Waals surface area (Å²) in [6, 6.07) is 10.2. The van der Waals surface area contributed by atoms with E-state index in [0.717, 1.165) is 22.2 Å². The molecular formula is C18H20N4OS. The average Bonchev–Trinajstić information content (AvgIpc) is 3.03. The molecule has 2 N–H and O–H groups in total. The molecule has 3 aromatic rings. The standard InChI is InChI=1S/C18H20N4OS/c1-3-14-8-15-17(21-11-22-18(15)24-14)20-10-16(23)19-9-13-6-4-12(2)5-7-13/h4-8,11H,3,9-10H2,1-2H3,(H,19,23)(H,20,21,22). The predicted molar refractivity (Wildman–Crippen MR) is 98.3 cm³/mol. The van der Waals surface area contributed by atoms with E-state index in [1.54, 1.807) is 11.3 Å². The number of carbonyl (C=O) groups excluding carboxylic acids is 1. The minimum absolute atomic E-state index is 0.0618. The van der Waals surface area contributed by atoms with Gasteiger partial charge in [-0.3, -0.25) is 4.79 Å². The number of hydrogen-bond acceptors (Lipinski definition) is 5. The maximum Gasteiger partial charge on any atom is 0.239 e. The lowest BCUT2D eigenvalue weighted by Gasteiger charge is -2.08. The third kappa shape index (κ3) is 3.89. The molecule has 124 valence electrons. The molecule has 1 aromatic carbocycles. The van der Waals surface area contributed by atoms with Gasteiger partial charge in [0.05, 0.1) is 11.9 Å². The number of nitrogens with zero attached hydrogens (tertiary/aromatic N) is 2. The smallest absolute Gasteiger partial charge is 0.239 e. The molecule has 6 heteroatoms. The van der Waals surface area contributed by atoms with E-state index in [-0.39, 0.29) is 12.5 Å². The molecule has 0 radical (unpaired) electrons. The van der Waals surface area contributed by atoms with Crippen LogP contribution in [0, 0.1) is 6.92 Å².